The van der Waals surface area contributed by atoms with Crippen LogP contribution in [-0.4, -0.2) is 12.9 Å². The summed E-state index contributed by atoms with van der Waals surface area (Å²) in [6.45, 7) is 0.616. The summed E-state index contributed by atoms with van der Waals surface area (Å²) in [5.74, 6) is -1.75. The molecule has 0 fully saturated rings. The van der Waals surface area contributed by atoms with Crippen LogP contribution in [0.2, 0.25) is 0 Å². The summed E-state index contributed by atoms with van der Waals surface area (Å²) in [6.07, 6.45) is -2.37. The Hall–Kier alpha value is -0.280. The highest BCUT2D eigenvalue weighted by atomic mass is 19.4. The van der Waals surface area contributed by atoms with Crippen molar-refractivity contribution in [3.63, 3.8) is 0 Å². The second-order valence-electron chi connectivity index (χ2n) is 2.89. The summed E-state index contributed by atoms with van der Waals surface area (Å²) in [5, 5.41) is 0. The van der Waals surface area contributed by atoms with Crippen molar-refractivity contribution in [3.05, 3.63) is 0 Å². The van der Waals surface area contributed by atoms with Crippen molar-refractivity contribution in [3.8, 4) is 0 Å². The van der Waals surface area contributed by atoms with E-state index in [2.05, 4.69) is 0 Å². The van der Waals surface area contributed by atoms with E-state index in [1.807, 2.05) is 6.92 Å². The predicted molar refractivity (Wildman–Crippen MR) is 39.7 cm³/mol. The zero-order valence-corrected chi connectivity index (χ0v) is 7.12. The summed E-state index contributed by atoms with van der Waals surface area (Å²) < 4.78 is 47.6. The molecule has 0 aromatic heterocycles. The second-order valence-corrected chi connectivity index (χ2v) is 2.89. The normalized spacial score (nSPS) is 14.8. The van der Waals surface area contributed by atoms with Gasteiger partial charge in [0.05, 0.1) is 5.92 Å². The van der Waals surface area contributed by atoms with E-state index in [0.29, 0.717) is 6.42 Å². The third-order valence-corrected chi connectivity index (χ3v) is 1.81. The number of alkyl halides is 4. The molecule has 1 unspecified atom stereocenters. The van der Waals surface area contributed by atoms with E-state index in [1.54, 1.807) is 0 Å². The second kappa shape index (κ2) is 5.38. The first kappa shape index (κ1) is 11.7. The van der Waals surface area contributed by atoms with Gasteiger partial charge in [-0.1, -0.05) is 26.2 Å². The maximum atomic E-state index is 11.9. The molecule has 12 heavy (non-hydrogen) atoms. The van der Waals surface area contributed by atoms with Crippen LogP contribution >= 0.6 is 0 Å². The van der Waals surface area contributed by atoms with Crippen LogP contribution in [0.15, 0.2) is 0 Å². The lowest BCUT2D eigenvalue weighted by Gasteiger charge is -2.16. The molecule has 0 bridgehead atoms. The van der Waals surface area contributed by atoms with E-state index >= 15 is 0 Å². The molecular weight excluding hydrogens is 172 g/mol. The molecule has 0 saturated heterocycles. The number of unbranched alkanes of at least 4 members (excludes halogenated alkanes) is 2. The van der Waals surface area contributed by atoms with Crippen molar-refractivity contribution in [2.75, 3.05) is 6.67 Å². The van der Waals surface area contributed by atoms with E-state index in [0.717, 1.165) is 12.8 Å². The highest BCUT2D eigenvalue weighted by Crippen LogP contribution is 2.30. The van der Waals surface area contributed by atoms with Crippen LogP contribution in [0.4, 0.5) is 17.6 Å². The Balaban J connectivity index is 3.68. The van der Waals surface area contributed by atoms with Gasteiger partial charge in [-0.3, -0.25) is 4.39 Å². The van der Waals surface area contributed by atoms with Gasteiger partial charge < -0.3 is 0 Å². The minimum Gasteiger partial charge on any atom is -0.250 e. The van der Waals surface area contributed by atoms with Gasteiger partial charge in [0, 0.05) is 0 Å². The number of hydrogen-bond acceptors (Lipinski definition) is 0. The van der Waals surface area contributed by atoms with Gasteiger partial charge >= 0.3 is 6.18 Å². The first-order valence-electron chi connectivity index (χ1n) is 4.15. The van der Waals surface area contributed by atoms with Crippen molar-refractivity contribution in [2.45, 2.75) is 38.8 Å². The Kier molecular flexibility index (Phi) is 5.25. The van der Waals surface area contributed by atoms with Crippen molar-refractivity contribution >= 4 is 0 Å². The summed E-state index contributed by atoms with van der Waals surface area (Å²) >= 11 is 0. The largest absolute Gasteiger partial charge is 0.394 e. The average Bonchev–Trinajstić information content (AvgIpc) is 1.95. The molecule has 0 nitrogen and oxygen atoms in total. The van der Waals surface area contributed by atoms with Crippen LogP contribution in [-0.2, 0) is 0 Å². The zero-order chi connectivity index (χ0) is 9.61. The van der Waals surface area contributed by atoms with Crippen LogP contribution in [0.3, 0.4) is 0 Å². The van der Waals surface area contributed by atoms with Crippen LogP contribution in [0.25, 0.3) is 0 Å². The first-order chi connectivity index (χ1) is 5.52. The summed E-state index contributed by atoms with van der Waals surface area (Å²) in [6, 6.07) is 0. The zero-order valence-electron chi connectivity index (χ0n) is 7.12. The fourth-order valence-electron chi connectivity index (χ4n) is 0.969. The molecule has 0 aromatic rings. The van der Waals surface area contributed by atoms with Gasteiger partial charge in [0.25, 0.3) is 0 Å². The summed E-state index contributed by atoms with van der Waals surface area (Å²) in [7, 11) is 0. The molecule has 0 radical (unpaired) electrons. The van der Waals surface area contributed by atoms with Crippen molar-refractivity contribution in [2.24, 2.45) is 5.92 Å². The highest BCUT2D eigenvalue weighted by molar-refractivity contribution is 4.66. The molecule has 0 saturated carbocycles. The molecule has 0 aliphatic rings. The van der Waals surface area contributed by atoms with E-state index in [1.165, 1.54) is 0 Å². The lowest BCUT2D eigenvalue weighted by molar-refractivity contribution is -0.180. The Labute approximate surface area is 70.0 Å². The lowest BCUT2D eigenvalue weighted by atomic mass is 10.0. The van der Waals surface area contributed by atoms with Crippen LogP contribution in [0.1, 0.15) is 32.6 Å². The fourth-order valence-corrected chi connectivity index (χ4v) is 0.969. The van der Waals surface area contributed by atoms with Crippen LogP contribution in [0, 0.1) is 5.92 Å². The Bertz CT molecular complexity index is 108. The molecule has 0 amide bonds. The van der Waals surface area contributed by atoms with Gasteiger partial charge in [0.15, 0.2) is 0 Å². The molecule has 4 heteroatoms. The average molecular weight is 186 g/mol. The van der Waals surface area contributed by atoms with Crippen molar-refractivity contribution < 1.29 is 17.6 Å². The molecule has 0 rings (SSSR count). The minimum atomic E-state index is -4.36. The molecule has 0 aliphatic carbocycles. The van der Waals surface area contributed by atoms with Gasteiger partial charge in [-0.2, -0.15) is 13.2 Å². The summed E-state index contributed by atoms with van der Waals surface area (Å²) in [4.78, 5) is 0. The quantitative estimate of drug-likeness (QED) is 0.453. The van der Waals surface area contributed by atoms with Gasteiger partial charge in [0.2, 0.25) is 0 Å². The number of hydrogen-bond donors (Lipinski definition) is 0. The van der Waals surface area contributed by atoms with E-state index in [4.69, 9.17) is 0 Å². The topological polar surface area (TPSA) is 0 Å². The third kappa shape index (κ3) is 4.57. The summed E-state index contributed by atoms with van der Waals surface area (Å²) in [5.41, 5.74) is 0. The third-order valence-electron chi connectivity index (χ3n) is 1.81. The minimum absolute atomic E-state index is 0.0756. The molecule has 0 aromatic carbocycles. The lowest BCUT2D eigenvalue weighted by Crippen LogP contribution is -2.24. The molecule has 74 valence electrons. The molecule has 0 spiro atoms. The van der Waals surface area contributed by atoms with E-state index in [9.17, 15) is 17.6 Å². The Morgan fingerprint density at radius 3 is 2.08 bits per heavy atom. The van der Waals surface area contributed by atoms with Crippen LogP contribution in [0.5, 0.6) is 0 Å². The Morgan fingerprint density at radius 1 is 1.17 bits per heavy atom. The fraction of sp³-hybridized carbons (Fsp3) is 1.00. The molecule has 0 heterocycles. The molecule has 0 N–H and O–H groups in total. The van der Waals surface area contributed by atoms with Crippen molar-refractivity contribution in [1.82, 2.24) is 0 Å². The molecule has 0 aliphatic heterocycles. The highest BCUT2D eigenvalue weighted by Gasteiger charge is 2.38. The maximum Gasteiger partial charge on any atom is 0.394 e. The smallest absolute Gasteiger partial charge is 0.250 e. The number of halogens is 4. The molecular formula is C8H14F4. The van der Waals surface area contributed by atoms with Gasteiger partial charge in [-0.15, -0.1) is 0 Å². The molecule has 1 atom stereocenters. The standard InChI is InChI=1S/C8H14F4/c1-2-3-4-5-7(6-9)8(10,11)12/h7H,2-6H2,1H3. The number of rotatable bonds is 5. The van der Waals surface area contributed by atoms with Crippen LogP contribution < -0.4 is 0 Å². The SMILES string of the molecule is CCCCCC(CF)C(F)(F)F. The van der Waals surface area contributed by atoms with Gasteiger partial charge in [0.1, 0.15) is 6.67 Å². The van der Waals surface area contributed by atoms with E-state index in [-0.39, 0.29) is 6.42 Å². The van der Waals surface area contributed by atoms with Gasteiger partial charge in [-0.05, 0) is 6.42 Å². The van der Waals surface area contributed by atoms with E-state index < -0.39 is 18.8 Å². The first-order valence-corrected chi connectivity index (χ1v) is 4.15. The predicted octanol–water partition coefficient (Wildman–Crippen LogP) is 3.71. The Morgan fingerprint density at radius 2 is 1.75 bits per heavy atom. The van der Waals surface area contributed by atoms with Gasteiger partial charge in [-0.25, -0.2) is 0 Å². The maximum absolute atomic E-state index is 11.9. The monoisotopic (exact) mass is 186 g/mol. The van der Waals surface area contributed by atoms with Crippen molar-refractivity contribution in [1.29, 1.82) is 0 Å².